The molecule has 0 bridgehead atoms. The molecule has 0 unspecified atom stereocenters. The van der Waals surface area contributed by atoms with Gasteiger partial charge in [-0.25, -0.2) is 0 Å². The van der Waals surface area contributed by atoms with Crippen LogP contribution in [0.1, 0.15) is 54.2 Å². The lowest BCUT2D eigenvalue weighted by Gasteiger charge is -2.40. The number of aliphatic hydroxyl groups is 1. The van der Waals surface area contributed by atoms with Gasteiger partial charge >= 0.3 is 0 Å². The Labute approximate surface area is 149 Å². The molecule has 4 rings (SSSR count). The third-order valence-corrected chi connectivity index (χ3v) is 6.77. The molecule has 1 saturated heterocycles. The van der Waals surface area contributed by atoms with Gasteiger partial charge in [0.25, 0.3) is 5.91 Å². The molecule has 2 aliphatic rings. The topological polar surface area (TPSA) is 56.3 Å². The maximum atomic E-state index is 13.1. The van der Waals surface area contributed by atoms with Gasteiger partial charge in [-0.1, -0.05) is 13.3 Å². The first-order valence-corrected chi connectivity index (χ1v) is 9.53. The number of nitrogens with one attached hydrogen (secondary N) is 1. The van der Waals surface area contributed by atoms with E-state index < -0.39 is 5.60 Å². The van der Waals surface area contributed by atoms with Crippen molar-refractivity contribution >= 4 is 16.8 Å². The monoisotopic (exact) mass is 340 g/mol. The average molecular weight is 340 g/mol. The molecule has 4 heteroatoms. The van der Waals surface area contributed by atoms with Crippen molar-refractivity contribution in [2.45, 2.75) is 52.1 Å². The van der Waals surface area contributed by atoms with Gasteiger partial charge in [-0.05, 0) is 62.8 Å². The highest BCUT2D eigenvalue weighted by molar-refractivity contribution is 5.99. The molecule has 2 aromatic rings. The molecule has 25 heavy (non-hydrogen) atoms. The fourth-order valence-corrected chi connectivity index (χ4v) is 5.01. The number of carbonyl (C=O) groups is 1. The first-order chi connectivity index (χ1) is 11.9. The molecular weight excluding hydrogens is 312 g/mol. The molecule has 2 fully saturated rings. The summed E-state index contributed by atoms with van der Waals surface area (Å²) in [6.45, 7) is 7.70. The summed E-state index contributed by atoms with van der Waals surface area (Å²) in [5.41, 5.74) is 3.62. The van der Waals surface area contributed by atoms with Gasteiger partial charge in [0.05, 0.1) is 5.60 Å². The Kier molecular flexibility index (Phi) is 3.91. The van der Waals surface area contributed by atoms with Crippen LogP contribution in [-0.4, -0.2) is 39.6 Å². The minimum Gasteiger partial charge on any atom is -0.390 e. The number of fused-ring (bicyclic) bond motifs is 2. The number of hydrogen-bond donors (Lipinski definition) is 2. The zero-order valence-corrected chi connectivity index (χ0v) is 15.4. The zero-order valence-electron chi connectivity index (χ0n) is 15.4. The largest absolute Gasteiger partial charge is 0.390 e. The first kappa shape index (κ1) is 16.6. The number of nitrogens with zero attached hydrogens (tertiary/aromatic N) is 1. The molecule has 4 nitrogen and oxygen atoms in total. The number of hydrogen-bond acceptors (Lipinski definition) is 2. The molecule has 1 saturated carbocycles. The van der Waals surface area contributed by atoms with Crippen LogP contribution in [0.25, 0.3) is 10.9 Å². The lowest BCUT2D eigenvalue weighted by atomic mass is 9.69. The maximum absolute atomic E-state index is 13.1. The van der Waals surface area contributed by atoms with Gasteiger partial charge in [-0.15, -0.1) is 0 Å². The van der Waals surface area contributed by atoms with Gasteiger partial charge in [0.1, 0.15) is 0 Å². The molecule has 2 N–H and O–H groups in total. The predicted octanol–water partition coefficient (Wildman–Crippen LogP) is 3.80. The zero-order chi connectivity index (χ0) is 17.8. The molecule has 1 aromatic heterocycles. The van der Waals surface area contributed by atoms with Crippen LogP contribution in [0.15, 0.2) is 18.2 Å². The van der Waals surface area contributed by atoms with Crippen molar-refractivity contribution in [3.63, 3.8) is 0 Å². The van der Waals surface area contributed by atoms with E-state index in [4.69, 9.17) is 0 Å². The van der Waals surface area contributed by atoms with Crippen LogP contribution < -0.4 is 0 Å². The van der Waals surface area contributed by atoms with Crippen molar-refractivity contribution in [3.8, 4) is 0 Å². The van der Waals surface area contributed by atoms with E-state index in [-0.39, 0.29) is 11.8 Å². The Morgan fingerprint density at radius 1 is 1.36 bits per heavy atom. The van der Waals surface area contributed by atoms with Crippen LogP contribution in [0, 0.1) is 25.7 Å². The second-order valence-electron chi connectivity index (χ2n) is 8.06. The minimum absolute atomic E-state index is 0.105. The second-order valence-corrected chi connectivity index (χ2v) is 8.06. The molecule has 0 radical (unpaired) electrons. The quantitative estimate of drug-likeness (QED) is 0.874. The predicted molar refractivity (Wildman–Crippen MR) is 99.7 cm³/mol. The standard InChI is InChI=1S/C21H28N2O2/c1-4-21(25)9-5-6-16-11-23(12-18(16)21)20(24)15-7-8-19-17(10-15)13(2)14(3)22-19/h7-8,10,16,18,22,25H,4-6,9,11-12H2,1-3H3/t16-,18+,21-/m1/s1. The fraction of sp³-hybridized carbons (Fsp3) is 0.571. The van der Waals surface area contributed by atoms with E-state index in [1.807, 2.05) is 23.1 Å². The van der Waals surface area contributed by atoms with Gasteiger partial charge in [-0.2, -0.15) is 0 Å². The van der Waals surface area contributed by atoms with E-state index in [2.05, 4.69) is 25.8 Å². The SMILES string of the molecule is CC[C@@]1(O)CCC[C@@H]2CN(C(=O)c3ccc4[nH]c(C)c(C)c4c3)C[C@@H]21. The smallest absolute Gasteiger partial charge is 0.253 e. The Bertz CT molecular complexity index is 825. The van der Waals surface area contributed by atoms with E-state index in [9.17, 15) is 9.90 Å². The summed E-state index contributed by atoms with van der Waals surface area (Å²) >= 11 is 0. The summed E-state index contributed by atoms with van der Waals surface area (Å²) in [5.74, 6) is 0.783. The maximum Gasteiger partial charge on any atom is 0.253 e. The van der Waals surface area contributed by atoms with Crippen LogP contribution in [0.2, 0.25) is 0 Å². The first-order valence-electron chi connectivity index (χ1n) is 9.53. The van der Waals surface area contributed by atoms with Gasteiger partial charge in [-0.3, -0.25) is 4.79 Å². The number of aromatic amines is 1. The van der Waals surface area contributed by atoms with Crippen molar-refractivity contribution in [2.75, 3.05) is 13.1 Å². The number of H-pyrrole nitrogens is 1. The highest BCUT2D eigenvalue weighted by atomic mass is 16.3. The van der Waals surface area contributed by atoms with Crippen molar-refractivity contribution in [2.24, 2.45) is 11.8 Å². The summed E-state index contributed by atoms with van der Waals surface area (Å²) in [4.78, 5) is 18.4. The number of likely N-dealkylation sites (tertiary alicyclic amines) is 1. The lowest BCUT2D eigenvalue weighted by Crippen LogP contribution is -2.44. The highest BCUT2D eigenvalue weighted by Crippen LogP contribution is 2.44. The molecule has 1 amide bonds. The van der Waals surface area contributed by atoms with Gasteiger partial charge < -0.3 is 15.0 Å². The second kappa shape index (κ2) is 5.87. The number of benzene rings is 1. The number of aromatic nitrogens is 1. The summed E-state index contributed by atoms with van der Waals surface area (Å²) in [6, 6.07) is 5.95. The van der Waals surface area contributed by atoms with E-state index >= 15 is 0 Å². The summed E-state index contributed by atoms with van der Waals surface area (Å²) in [6.07, 6.45) is 3.86. The van der Waals surface area contributed by atoms with Gasteiger partial charge in [0.2, 0.25) is 0 Å². The Balaban J connectivity index is 1.60. The van der Waals surface area contributed by atoms with Crippen molar-refractivity contribution in [3.05, 3.63) is 35.0 Å². The van der Waals surface area contributed by atoms with E-state index in [0.29, 0.717) is 12.5 Å². The molecule has 2 heterocycles. The van der Waals surface area contributed by atoms with E-state index in [1.54, 1.807) is 0 Å². The molecule has 0 spiro atoms. The molecule has 134 valence electrons. The Hall–Kier alpha value is -1.81. The molecular formula is C21H28N2O2. The van der Waals surface area contributed by atoms with Crippen molar-refractivity contribution < 1.29 is 9.90 Å². The average Bonchev–Trinajstić information content (AvgIpc) is 3.17. The molecule has 1 aliphatic carbocycles. The lowest BCUT2D eigenvalue weighted by molar-refractivity contribution is -0.0609. The Morgan fingerprint density at radius 3 is 2.92 bits per heavy atom. The van der Waals surface area contributed by atoms with Gasteiger partial charge in [0.15, 0.2) is 0 Å². The van der Waals surface area contributed by atoms with Crippen LogP contribution in [0.4, 0.5) is 0 Å². The van der Waals surface area contributed by atoms with Crippen molar-refractivity contribution in [1.29, 1.82) is 0 Å². The van der Waals surface area contributed by atoms with Crippen molar-refractivity contribution in [1.82, 2.24) is 9.88 Å². The molecule has 1 aliphatic heterocycles. The molecule has 3 atom stereocenters. The van der Waals surface area contributed by atoms with Gasteiger partial charge in [0, 0.05) is 41.2 Å². The fourth-order valence-electron chi connectivity index (χ4n) is 5.01. The number of amides is 1. The van der Waals surface area contributed by atoms with Crippen LogP contribution in [0.3, 0.4) is 0 Å². The molecule has 1 aromatic carbocycles. The highest BCUT2D eigenvalue weighted by Gasteiger charge is 2.48. The number of rotatable bonds is 2. The Morgan fingerprint density at radius 2 is 2.16 bits per heavy atom. The van der Waals surface area contributed by atoms with Crippen LogP contribution in [-0.2, 0) is 0 Å². The van der Waals surface area contributed by atoms with E-state index in [0.717, 1.165) is 54.4 Å². The van der Waals surface area contributed by atoms with Crippen LogP contribution in [0.5, 0.6) is 0 Å². The number of carbonyl (C=O) groups excluding carboxylic acids is 1. The summed E-state index contributed by atoms with van der Waals surface area (Å²) in [7, 11) is 0. The normalized spacial score (nSPS) is 29.2. The minimum atomic E-state index is -0.587. The number of aryl methyl sites for hydroxylation is 2. The van der Waals surface area contributed by atoms with E-state index in [1.165, 1.54) is 5.56 Å². The third kappa shape index (κ3) is 2.58. The third-order valence-electron chi connectivity index (χ3n) is 6.77. The van der Waals surface area contributed by atoms with Crippen LogP contribution >= 0.6 is 0 Å². The summed E-state index contributed by atoms with van der Waals surface area (Å²) < 4.78 is 0. The summed E-state index contributed by atoms with van der Waals surface area (Å²) in [5, 5.41) is 12.1.